The fourth-order valence-electron chi connectivity index (χ4n) is 1.68. The monoisotopic (exact) mass is 348 g/mol. The van der Waals surface area contributed by atoms with Crippen LogP contribution in [0.25, 0.3) is 0 Å². The van der Waals surface area contributed by atoms with E-state index < -0.39 is 0 Å². The molecule has 2 aromatic rings. The van der Waals surface area contributed by atoms with Crippen LogP contribution in [0.4, 0.5) is 0 Å². The van der Waals surface area contributed by atoms with Crippen LogP contribution in [0, 0.1) is 0 Å². The van der Waals surface area contributed by atoms with Gasteiger partial charge < -0.3 is 0 Å². The Hall–Kier alpha value is -0.680. The van der Waals surface area contributed by atoms with Gasteiger partial charge in [-0.1, -0.05) is 72.9 Å². The van der Waals surface area contributed by atoms with Crippen molar-refractivity contribution in [1.82, 2.24) is 0 Å². The highest BCUT2D eigenvalue weighted by atomic mass is 32.2. The second-order valence-electron chi connectivity index (χ2n) is 4.35. The number of thioether (sulfide) groups is 2. The molecule has 0 spiro atoms. The highest BCUT2D eigenvalue weighted by Crippen LogP contribution is 2.33. The molecule has 0 N–H and O–H groups in total. The average Bonchev–Trinajstić information content (AvgIpc) is 2.51. The van der Waals surface area contributed by atoms with Crippen LogP contribution in [0.2, 0.25) is 0 Å². The Kier molecular flexibility index (Phi) is 7.44. The van der Waals surface area contributed by atoms with Gasteiger partial charge in [0.2, 0.25) is 0 Å². The summed E-state index contributed by atoms with van der Waals surface area (Å²) < 4.78 is 1.84. The van der Waals surface area contributed by atoms with Gasteiger partial charge in [0.1, 0.15) is 0 Å². The summed E-state index contributed by atoms with van der Waals surface area (Å²) in [5, 5.41) is 0. The lowest BCUT2D eigenvalue weighted by Gasteiger charge is -2.07. The molecule has 4 heteroatoms. The first-order chi connectivity index (χ1) is 10.2. The Balaban J connectivity index is 1.94. The fourth-order valence-corrected chi connectivity index (χ4v) is 4.35. The zero-order chi connectivity index (χ0) is 14.9. The largest absolute Gasteiger partial charge is 0.132 e. The van der Waals surface area contributed by atoms with Gasteiger partial charge in [0, 0.05) is 15.7 Å². The van der Waals surface area contributed by atoms with E-state index >= 15 is 0 Å². The lowest BCUT2D eigenvalue weighted by molar-refractivity contribution is 1.42. The smallest absolute Gasteiger partial charge is 0.0691 e. The van der Waals surface area contributed by atoms with Crippen molar-refractivity contribution in [2.24, 2.45) is 0 Å². The molecule has 21 heavy (non-hydrogen) atoms. The third-order valence-electron chi connectivity index (χ3n) is 2.69. The quantitative estimate of drug-likeness (QED) is 0.373. The first kappa shape index (κ1) is 16.7. The molecular weight excluding hydrogens is 332 g/mol. The minimum atomic E-state index is 0.631. The van der Waals surface area contributed by atoms with E-state index in [9.17, 15) is 0 Å². The van der Waals surface area contributed by atoms with Gasteiger partial charge in [-0.3, -0.25) is 0 Å². The second kappa shape index (κ2) is 9.36. The van der Waals surface area contributed by atoms with Crippen molar-refractivity contribution in [3.8, 4) is 0 Å². The summed E-state index contributed by atoms with van der Waals surface area (Å²) in [5.74, 6) is 1.90. The lowest BCUT2D eigenvalue weighted by Crippen LogP contribution is -1.84. The molecule has 0 radical (unpaired) electrons. The summed E-state index contributed by atoms with van der Waals surface area (Å²) in [6.45, 7) is 0. The minimum absolute atomic E-state index is 0.631. The normalized spacial score (nSPS) is 10.1. The Bertz CT molecular complexity index is 545. The summed E-state index contributed by atoms with van der Waals surface area (Å²) in [6, 6.07) is 20.9. The number of hydrogen-bond donors (Lipinski definition) is 1. The molecule has 2 aromatic carbocycles. The van der Waals surface area contributed by atoms with E-state index in [0.29, 0.717) is 4.20 Å². The maximum absolute atomic E-state index is 5.09. The van der Waals surface area contributed by atoms with Crippen LogP contribution in [0.15, 0.2) is 71.0 Å². The van der Waals surface area contributed by atoms with Crippen LogP contribution in [0.5, 0.6) is 0 Å². The number of rotatable bonds is 7. The summed E-state index contributed by atoms with van der Waals surface area (Å²) in [7, 11) is 0. The van der Waals surface area contributed by atoms with Gasteiger partial charge in [0.05, 0.1) is 4.20 Å². The molecule has 108 valence electrons. The predicted octanol–water partition coefficient (Wildman–Crippen LogP) is 5.95. The van der Waals surface area contributed by atoms with E-state index in [1.54, 1.807) is 0 Å². The number of benzene rings is 2. The molecule has 0 nitrogen and oxygen atoms in total. The third kappa shape index (κ3) is 6.74. The molecule has 0 aliphatic rings. The average molecular weight is 349 g/mol. The molecule has 0 heterocycles. The van der Waals surface area contributed by atoms with Crippen LogP contribution in [-0.4, -0.2) is 4.20 Å². The third-order valence-corrected chi connectivity index (χ3v) is 5.40. The molecule has 0 aromatic heterocycles. The van der Waals surface area contributed by atoms with Crippen LogP contribution in [0.1, 0.15) is 11.1 Å². The van der Waals surface area contributed by atoms with Crippen molar-refractivity contribution in [3.05, 3.63) is 82.1 Å². The van der Waals surface area contributed by atoms with E-state index in [2.05, 4.69) is 61.2 Å². The SMILES string of the molecule is S=C(S)C=C(SCc1ccccc1)SCc1ccccc1. The number of thiocarbonyl (C=S) groups is 1. The van der Waals surface area contributed by atoms with Gasteiger partial charge in [-0.25, -0.2) is 0 Å². The Morgan fingerprint density at radius 1 is 0.857 bits per heavy atom. The van der Waals surface area contributed by atoms with Crippen molar-refractivity contribution in [2.75, 3.05) is 0 Å². The molecule has 0 saturated carbocycles. The first-order valence-corrected chi connectivity index (χ1v) is 9.35. The van der Waals surface area contributed by atoms with Crippen LogP contribution < -0.4 is 0 Å². The van der Waals surface area contributed by atoms with Gasteiger partial charge in [-0.05, 0) is 17.2 Å². The zero-order valence-corrected chi connectivity index (χ0v) is 14.8. The minimum Gasteiger partial charge on any atom is -0.132 e. The molecule has 0 saturated heterocycles. The van der Waals surface area contributed by atoms with Crippen LogP contribution >= 0.6 is 48.4 Å². The molecule has 0 fully saturated rings. The zero-order valence-electron chi connectivity index (χ0n) is 11.4. The van der Waals surface area contributed by atoms with Crippen molar-refractivity contribution in [3.63, 3.8) is 0 Å². The highest BCUT2D eigenvalue weighted by molar-refractivity contribution is 8.22. The highest BCUT2D eigenvalue weighted by Gasteiger charge is 2.03. The summed E-state index contributed by atoms with van der Waals surface area (Å²) in [4.78, 5) is 0. The van der Waals surface area contributed by atoms with Gasteiger partial charge in [0.25, 0.3) is 0 Å². The maximum atomic E-state index is 5.09. The number of hydrogen-bond acceptors (Lipinski definition) is 3. The maximum Gasteiger partial charge on any atom is 0.0691 e. The van der Waals surface area contributed by atoms with Crippen LogP contribution in [0.3, 0.4) is 0 Å². The molecule has 0 bridgehead atoms. The van der Waals surface area contributed by atoms with E-state index in [0.717, 1.165) is 11.5 Å². The molecule has 0 aliphatic heterocycles. The topological polar surface area (TPSA) is 0 Å². The van der Waals surface area contributed by atoms with Gasteiger partial charge in [-0.2, -0.15) is 0 Å². The molecule has 0 atom stereocenters. The van der Waals surface area contributed by atoms with Gasteiger partial charge in [0.15, 0.2) is 0 Å². The Morgan fingerprint density at radius 3 is 1.67 bits per heavy atom. The van der Waals surface area contributed by atoms with E-state index in [-0.39, 0.29) is 0 Å². The van der Waals surface area contributed by atoms with Crippen molar-refractivity contribution in [2.45, 2.75) is 11.5 Å². The summed E-state index contributed by atoms with van der Waals surface area (Å²) in [6.07, 6.45) is 1.97. The summed E-state index contributed by atoms with van der Waals surface area (Å²) >= 11 is 12.9. The van der Waals surface area contributed by atoms with Gasteiger partial charge >= 0.3 is 0 Å². The van der Waals surface area contributed by atoms with Crippen molar-refractivity contribution >= 4 is 52.6 Å². The standard InChI is InChI=1S/C17H16S4/c18-16(19)11-17(20-12-14-7-3-1-4-8-14)21-13-15-9-5-2-6-10-15/h1-11H,12-13H2,(H,18,19). The molecule has 0 unspecified atom stereocenters. The van der Waals surface area contributed by atoms with Crippen LogP contribution in [-0.2, 0) is 11.5 Å². The molecule has 2 rings (SSSR count). The number of thiol groups is 1. The fraction of sp³-hybridized carbons (Fsp3) is 0.118. The van der Waals surface area contributed by atoms with Crippen molar-refractivity contribution < 1.29 is 0 Å². The molecular formula is C17H16S4. The predicted molar refractivity (Wildman–Crippen MR) is 105 cm³/mol. The van der Waals surface area contributed by atoms with Crippen molar-refractivity contribution in [1.29, 1.82) is 0 Å². The summed E-state index contributed by atoms with van der Waals surface area (Å²) in [5.41, 5.74) is 2.64. The Morgan fingerprint density at radius 2 is 1.29 bits per heavy atom. The van der Waals surface area contributed by atoms with E-state index in [4.69, 9.17) is 12.2 Å². The second-order valence-corrected chi connectivity index (χ2v) is 7.87. The molecule has 0 amide bonds. The van der Waals surface area contributed by atoms with Gasteiger partial charge in [-0.15, -0.1) is 36.2 Å². The van der Waals surface area contributed by atoms with E-state index in [1.165, 1.54) is 15.4 Å². The van der Waals surface area contributed by atoms with E-state index in [1.807, 2.05) is 41.7 Å². The molecule has 0 aliphatic carbocycles. The first-order valence-electron chi connectivity index (χ1n) is 6.52. The Labute approximate surface area is 145 Å². The lowest BCUT2D eigenvalue weighted by atomic mass is 10.2.